The average molecular weight is 513 g/mol. The molecule has 2 fully saturated rings. The van der Waals surface area contributed by atoms with Gasteiger partial charge >= 0.3 is 0 Å². The molecule has 0 aromatic carbocycles. The Morgan fingerprint density at radius 3 is 2.39 bits per heavy atom. The van der Waals surface area contributed by atoms with Crippen molar-refractivity contribution >= 4 is 33.3 Å². The van der Waals surface area contributed by atoms with E-state index in [1.165, 1.54) is 52.4 Å². The van der Waals surface area contributed by atoms with E-state index in [1.54, 1.807) is 11.3 Å². The smallest absolute Gasteiger partial charge is 0.224 e. The molecule has 0 amide bonds. The molecule has 36 heavy (non-hydrogen) atoms. The summed E-state index contributed by atoms with van der Waals surface area (Å²) in [4.78, 5) is 19.0. The van der Waals surface area contributed by atoms with E-state index in [4.69, 9.17) is 25.2 Å². The van der Waals surface area contributed by atoms with Crippen molar-refractivity contribution in [2.75, 3.05) is 23.7 Å². The van der Waals surface area contributed by atoms with E-state index in [9.17, 15) is 0 Å². The van der Waals surface area contributed by atoms with Gasteiger partial charge in [0, 0.05) is 19.3 Å². The molecule has 0 aliphatic heterocycles. The minimum atomic E-state index is -1.50. The number of aromatic nitrogens is 4. The van der Waals surface area contributed by atoms with Crippen LogP contribution in [0.4, 0.5) is 11.8 Å². The summed E-state index contributed by atoms with van der Waals surface area (Å²) in [5.74, 6) is 2.67. The normalized spacial score (nSPS) is 16.4. The molecular formula is C27H40N6O2S. The Hall–Kier alpha value is -2.36. The first kappa shape index (κ1) is 26.7. The van der Waals surface area contributed by atoms with Crippen molar-refractivity contribution < 1.29 is 10.2 Å². The lowest BCUT2D eigenvalue weighted by Gasteiger charge is -2.17. The lowest BCUT2D eigenvalue weighted by Crippen LogP contribution is -2.15. The highest BCUT2D eigenvalue weighted by atomic mass is 32.1. The van der Waals surface area contributed by atoms with Crippen molar-refractivity contribution in [1.29, 1.82) is 0 Å². The number of nitrogens with one attached hydrogen (secondary N) is 2. The molecule has 2 aliphatic carbocycles. The van der Waals surface area contributed by atoms with Gasteiger partial charge in [0.2, 0.25) is 5.95 Å². The summed E-state index contributed by atoms with van der Waals surface area (Å²) in [5.41, 5.74) is 3.93. The zero-order valence-electron chi connectivity index (χ0n) is 22.1. The van der Waals surface area contributed by atoms with E-state index in [0.717, 1.165) is 74.8 Å². The van der Waals surface area contributed by atoms with E-state index < -0.39 is 5.79 Å². The number of fused-ring (bicyclic) bond motifs is 1. The highest BCUT2D eigenvalue weighted by Gasteiger charge is 2.29. The second-order valence-corrected chi connectivity index (χ2v) is 11.7. The summed E-state index contributed by atoms with van der Waals surface area (Å²) in [6, 6.07) is 2.04. The topological polar surface area (TPSA) is 116 Å². The Morgan fingerprint density at radius 2 is 1.78 bits per heavy atom. The molecule has 5 rings (SSSR count). The number of hydrogen-bond donors (Lipinski definition) is 4. The van der Waals surface area contributed by atoms with Crippen LogP contribution in [0.15, 0.2) is 12.3 Å². The fourth-order valence-corrected chi connectivity index (χ4v) is 5.51. The molecule has 196 valence electrons. The third-order valence-corrected chi connectivity index (χ3v) is 7.70. The fraction of sp³-hybridized carbons (Fsp3) is 0.630. The lowest BCUT2D eigenvalue weighted by atomic mass is 9.97. The fourth-order valence-electron chi connectivity index (χ4n) is 4.40. The first-order chi connectivity index (χ1) is 17.1. The number of pyridine rings is 1. The molecular weight excluding hydrogens is 472 g/mol. The molecule has 0 radical (unpaired) electrons. The van der Waals surface area contributed by atoms with E-state index in [0.29, 0.717) is 0 Å². The van der Waals surface area contributed by atoms with Crippen LogP contribution in [0.3, 0.4) is 0 Å². The van der Waals surface area contributed by atoms with Crippen LogP contribution in [-0.4, -0.2) is 49.0 Å². The second kappa shape index (κ2) is 11.4. The van der Waals surface area contributed by atoms with Crippen molar-refractivity contribution in [2.24, 2.45) is 17.8 Å². The highest BCUT2D eigenvalue weighted by molar-refractivity contribution is 7.21. The minimum absolute atomic E-state index is 0.726. The maximum absolute atomic E-state index is 8.08. The van der Waals surface area contributed by atoms with Crippen LogP contribution >= 0.6 is 11.3 Å². The first-order valence-corrected chi connectivity index (χ1v) is 14.0. The number of anilines is 2. The summed E-state index contributed by atoms with van der Waals surface area (Å²) < 4.78 is 1.16. The molecule has 1 atom stereocenters. The maximum atomic E-state index is 8.08. The summed E-state index contributed by atoms with van der Waals surface area (Å²) in [5, 5.41) is 24.2. The number of aliphatic hydroxyl groups is 2. The molecule has 2 aliphatic rings. The first-order valence-electron chi connectivity index (χ1n) is 13.2. The molecule has 0 bridgehead atoms. The molecule has 3 heterocycles. The predicted molar refractivity (Wildman–Crippen MR) is 147 cm³/mol. The number of aryl methyl sites for hydroxylation is 2. The minimum Gasteiger partial charge on any atom is -0.369 e. The summed E-state index contributed by atoms with van der Waals surface area (Å²) in [6.07, 6.45) is 9.75. The van der Waals surface area contributed by atoms with Crippen LogP contribution in [0.1, 0.15) is 70.7 Å². The van der Waals surface area contributed by atoms with Crippen LogP contribution in [0.2, 0.25) is 0 Å². The van der Waals surface area contributed by atoms with Gasteiger partial charge < -0.3 is 20.8 Å². The van der Waals surface area contributed by atoms with Gasteiger partial charge in [0.05, 0.1) is 21.7 Å². The van der Waals surface area contributed by atoms with Crippen molar-refractivity contribution in [3.05, 3.63) is 23.7 Å². The van der Waals surface area contributed by atoms with E-state index in [-0.39, 0.29) is 0 Å². The molecule has 3 aromatic rings. The molecule has 3 aromatic heterocycles. The molecule has 0 spiro atoms. The summed E-state index contributed by atoms with van der Waals surface area (Å²) >= 11 is 1.69. The van der Waals surface area contributed by atoms with Crippen molar-refractivity contribution in [3.8, 4) is 10.6 Å². The second-order valence-electron chi connectivity index (χ2n) is 10.7. The van der Waals surface area contributed by atoms with Gasteiger partial charge in [-0.15, -0.1) is 11.3 Å². The van der Waals surface area contributed by atoms with Crippen molar-refractivity contribution in [3.63, 3.8) is 0 Å². The molecule has 8 nitrogen and oxygen atoms in total. The number of rotatable bonds is 10. The Morgan fingerprint density at radius 1 is 1.06 bits per heavy atom. The van der Waals surface area contributed by atoms with Gasteiger partial charge in [-0.3, -0.25) is 4.98 Å². The monoisotopic (exact) mass is 512 g/mol. The van der Waals surface area contributed by atoms with Crippen LogP contribution < -0.4 is 10.6 Å². The van der Waals surface area contributed by atoms with Gasteiger partial charge in [-0.25, -0.2) is 9.97 Å². The average Bonchev–Trinajstić information content (AvgIpc) is 3.72. The standard InChI is InChI=1S/C24H32N6S.C3H8O2/c1-4-17(18-7-8-18)9-11-26-22-20(14(2)28-24(30-22)27-13-16-5-6-16)23-29-21-15(3)25-12-10-19(21)31-23;1-3(2,4)5/h10,12,16-18H,4-9,11,13H2,1-3H3,(H2,26,27,28,30);4-5H,1-2H3. The number of nitrogens with zero attached hydrogens (tertiary/aromatic N) is 4. The van der Waals surface area contributed by atoms with Crippen LogP contribution in [0.25, 0.3) is 20.8 Å². The number of thiazole rings is 1. The summed E-state index contributed by atoms with van der Waals surface area (Å²) in [6.45, 7) is 10.9. The van der Waals surface area contributed by atoms with Crippen molar-refractivity contribution in [1.82, 2.24) is 19.9 Å². The zero-order chi connectivity index (χ0) is 25.9. The van der Waals surface area contributed by atoms with Crippen molar-refractivity contribution in [2.45, 2.75) is 78.9 Å². The molecule has 4 N–H and O–H groups in total. The third-order valence-electron chi connectivity index (χ3n) is 6.66. The quantitative estimate of drug-likeness (QED) is 0.262. The Labute approximate surface area is 218 Å². The van der Waals surface area contributed by atoms with Gasteiger partial charge in [0.1, 0.15) is 16.3 Å². The van der Waals surface area contributed by atoms with Crippen LogP contribution in [-0.2, 0) is 0 Å². The van der Waals surface area contributed by atoms with Gasteiger partial charge in [0.25, 0.3) is 0 Å². The molecule has 2 saturated carbocycles. The Bertz CT molecular complexity index is 1160. The SMILES string of the molecule is CC(C)(O)O.CCC(CCNc1nc(NCC2CC2)nc(C)c1-c1nc2c(C)nccc2s1)C1CC1. The van der Waals surface area contributed by atoms with Gasteiger partial charge in [0.15, 0.2) is 5.79 Å². The largest absolute Gasteiger partial charge is 0.369 e. The highest BCUT2D eigenvalue weighted by Crippen LogP contribution is 2.41. The molecule has 9 heteroatoms. The number of hydrogen-bond acceptors (Lipinski definition) is 9. The van der Waals surface area contributed by atoms with Crippen LogP contribution in [0.5, 0.6) is 0 Å². The van der Waals surface area contributed by atoms with Gasteiger partial charge in [-0.05, 0) is 83.6 Å². The van der Waals surface area contributed by atoms with Gasteiger partial charge in [-0.2, -0.15) is 4.98 Å². The zero-order valence-corrected chi connectivity index (χ0v) is 23.0. The molecule has 0 saturated heterocycles. The predicted octanol–water partition coefficient (Wildman–Crippen LogP) is 5.53. The van der Waals surface area contributed by atoms with E-state index >= 15 is 0 Å². The van der Waals surface area contributed by atoms with Gasteiger partial charge in [-0.1, -0.05) is 13.3 Å². The van der Waals surface area contributed by atoms with Crippen LogP contribution in [0, 0.1) is 31.6 Å². The third kappa shape index (κ3) is 7.57. The Balaban J connectivity index is 0.000000556. The van der Waals surface area contributed by atoms with E-state index in [1.807, 2.05) is 19.2 Å². The van der Waals surface area contributed by atoms with E-state index in [2.05, 4.69) is 29.5 Å². The Kier molecular flexibility index (Phi) is 8.42. The summed E-state index contributed by atoms with van der Waals surface area (Å²) in [7, 11) is 0. The maximum Gasteiger partial charge on any atom is 0.224 e. The lowest BCUT2D eigenvalue weighted by molar-refractivity contribution is -0.127. The molecule has 1 unspecified atom stereocenters.